The molecular weight excluding hydrogens is 505 g/mol. The number of para-hydroxylation sites is 1. The van der Waals surface area contributed by atoms with Crippen LogP contribution in [0.3, 0.4) is 0 Å². The highest BCUT2D eigenvalue weighted by Crippen LogP contribution is 2.22. The lowest BCUT2D eigenvalue weighted by Crippen LogP contribution is -2.49. The zero-order valence-electron chi connectivity index (χ0n) is 19.8. The van der Waals surface area contributed by atoms with Gasteiger partial charge in [-0.1, -0.05) is 23.7 Å². The van der Waals surface area contributed by atoms with E-state index in [4.69, 9.17) is 16.3 Å². The number of carbonyl (C=O) groups excluding carboxylic acids is 2. The number of thiazole rings is 1. The van der Waals surface area contributed by atoms with Crippen molar-refractivity contribution in [3.8, 4) is 0 Å². The standard InChI is InChI=1S/C25H27ClFN5O3S/c1-35-15-14-32(25(34)28-19-8-6-18(26)7-9-19)16-23-29-21(17-36-23)24(33)31-12-10-30(11-13-31)22-5-3-2-4-20(22)27/h2-9,17H,10-16H2,1H3,(H,28,34). The van der Waals surface area contributed by atoms with Gasteiger partial charge in [-0.2, -0.15) is 0 Å². The molecule has 11 heteroatoms. The van der Waals surface area contributed by atoms with Gasteiger partial charge in [-0.25, -0.2) is 14.2 Å². The summed E-state index contributed by atoms with van der Waals surface area (Å²) in [4.78, 5) is 35.7. The molecule has 3 amide bonds. The van der Waals surface area contributed by atoms with E-state index in [0.717, 1.165) is 0 Å². The Morgan fingerprint density at radius 3 is 2.56 bits per heavy atom. The highest BCUT2D eigenvalue weighted by Gasteiger charge is 2.25. The number of nitrogens with one attached hydrogen (secondary N) is 1. The van der Waals surface area contributed by atoms with Crippen LogP contribution in [-0.2, 0) is 11.3 Å². The first kappa shape index (κ1) is 25.9. The second-order valence-electron chi connectivity index (χ2n) is 8.21. The van der Waals surface area contributed by atoms with Crippen LogP contribution in [0.4, 0.5) is 20.6 Å². The first-order chi connectivity index (χ1) is 17.4. The van der Waals surface area contributed by atoms with E-state index >= 15 is 0 Å². The van der Waals surface area contributed by atoms with Gasteiger partial charge in [0, 0.05) is 55.9 Å². The number of methoxy groups -OCH3 is 1. The first-order valence-electron chi connectivity index (χ1n) is 11.5. The molecule has 3 aromatic rings. The van der Waals surface area contributed by atoms with Crippen molar-refractivity contribution in [1.29, 1.82) is 0 Å². The number of amides is 3. The van der Waals surface area contributed by atoms with Gasteiger partial charge in [0.05, 0.1) is 18.8 Å². The highest BCUT2D eigenvalue weighted by atomic mass is 35.5. The summed E-state index contributed by atoms with van der Waals surface area (Å²) in [5, 5.41) is 5.78. The van der Waals surface area contributed by atoms with Crippen molar-refractivity contribution >= 4 is 46.3 Å². The van der Waals surface area contributed by atoms with E-state index in [0.29, 0.717) is 66.4 Å². The van der Waals surface area contributed by atoms with Gasteiger partial charge in [0.2, 0.25) is 0 Å². The second-order valence-corrected chi connectivity index (χ2v) is 9.59. The van der Waals surface area contributed by atoms with Crippen LogP contribution in [0.1, 0.15) is 15.5 Å². The van der Waals surface area contributed by atoms with Crippen molar-refractivity contribution in [2.24, 2.45) is 0 Å². The van der Waals surface area contributed by atoms with Crippen LogP contribution < -0.4 is 10.2 Å². The molecular formula is C25H27ClFN5O3S. The molecule has 1 N–H and O–H groups in total. The lowest BCUT2D eigenvalue weighted by molar-refractivity contribution is 0.0741. The van der Waals surface area contributed by atoms with Crippen molar-refractivity contribution < 1.29 is 18.7 Å². The zero-order chi connectivity index (χ0) is 25.5. The topological polar surface area (TPSA) is 78.0 Å². The number of hydrogen-bond acceptors (Lipinski definition) is 6. The van der Waals surface area contributed by atoms with E-state index < -0.39 is 0 Å². The molecule has 0 unspecified atom stereocenters. The fourth-order valence-corrected chi connectivity index (χ4v) is 4.76. The molecule has 0 aliphatic carbocycles. The van der Waals surface area contributed by atoms with E-state index in [2.05, 4.69) is 10.3 Å². The lowest BCUT2D eigenvalue weighted by Gasteiger charge is -2.35. The van der Waals surface area contributed by atoms with Gasteiger partial charge in [-0.3, -0.25) is 4.79 Å². The maximum Gasteiger partial charge on any atom is 0.322 e. The van der Waals surface area contributed by atoms with Gasteiger partial charge in [0.25, 0.3) is 5.91 Å². The molecule has 1 aromatic heterocycles. The maximum absolute atomic E-state index is 14.1. The Labute approximate surface area is 218 Å². The van der Waals surface area contributed by atoms with Gasteiger partial charge in [-0.05, 0) is 36.4 Å². The minimum Gasteiger partial charge on any atom is -0.383 e. The molecule has 0 spiro atoms. The van der Waals surface area contributed by atoms with Crippen molar-refractivity contribution in [1.82, 2.24) is 14.8 Å². The predicted octanol–water partition coefficient (Wildman–Crippen LogP) is 4.58. The van der Waals surface area contributed by atoms with E-state index in [9.17, 15) is 14.0 Å². The number of piperazine rings is 1. The molecule has 1 aliphatic heterocycles. The molecule has 190 valence electrons. The number of carbonyl (C=O) groups is 2. The number of ether oxygens (including phenoxy) is 1. The van der Waals surface area contributed by atoms with E-state index in [1.807, 2.05) is 4.90 Å². The maximum atomic E-state index is 14.1. The van der Waals surface area contributed by atoms with Crippen molar-refractivity contribution in [3.63, 3.8) is 0 Å². The molecule has 8 nitrogen and oxygen atoms in total. The average molecular weight is 532 g/mol. The molecule has 0 radical (unpaired) electrons. The van der Waals surface area contributed by atoms with Gasteiger partial charge in [0.15, 0.2) is 0 Å². The number of aromatic nitrogens is 1. The number of rotatable bonds is 8. The summed E-state index contributed by atoms with van der Waals surface area (Å²) in [6.45, 7) is 2.99. The molecule has 4 rings (SSSR count). The van der Waals surface area contributed by atoms with Gasteiger partial charge in [0.1, 0.15) is 16.5 Å². The Hall–Kier alpha value is -3.21. The fourth-order valence-electron chi connectivity index (χ4n) is 3.86. The lowest BCUT2D eigenvalue weighted by atomic mass is 10.2. The van der Waals surface area contributed by atoms with Crippen LogP contribution in [0.2, 0.25) is 5.02 Å². The number of anilines is 2. The smallest absolute Gasteiger partial charge is 0.322 e. The van der Waals surface area contributed by atoms with Crippen LogP contribution in [0.25, 0.3) is 0 Å². The van der Waals surface area contributed by atoms with Crippen LogP contribution in [0, 0.1) is 5.82 Å². The highest BCUT2D eigenvalue weighted by molar-refractivity contribution is 7.09. The van der Waals surface area contributed by atoms with Crippen LogP contribution >= 0.6 is 22.9 Å². The van der Waals surface area contributed by atoms with Gasteiger partial charge < -0.3 is 24.8 Å². The summed E-state index contributed by atoms with van der Waals surface area (Å²) < 4.78 is 19.3. The number of halogens is 2. The zero-order valence-corrected chi connectivity index (χ0v) is 21.4. The molecule has 1 saturated heterocycles. The number of hydrogen-bond donors (Lipinski definition) is 1. The predicted molar refractivity (Wildman–Crippen MR) is 139 cm³/mol. The molecule has 2 aromatic carbocycles. The van der Waals surface area contributed by atoms with Gasteiger partial charge >= 0.3 is 6.03 Å². The minimum absolute atomic E-state index is 0.167. The van der Waals surface area contributed by atoms with Crippen molar-refractivity contribution in [3.05, 3.63) is 75.5 Å². The largest absolute Gasteiger partial charge is 0.383 e. The van der Waals surface area contributed by atoms with Crippen molar-refractivity contribution in [2.75, 3.05) is 56.7 Å². The van der Waals surface area contributed by atoms with E-state index in [-0.39, 0.29) is 24.3 Å². The summed E-state index contributed by atoms with van der Waals surface area (Å²) >= 11 is 7.25. The monoisotopic (exact) mass is 531 g/mol. The molecule has 0 saturated carbocycles. The summed E-state index contributed by atoms with van der Waals surface area (Å²) in [6.07, 6.45) is 0. The summed E-state index contributed by atoms with van der Waals surface area (Å²) in [7, 11) is 1.57. The minimum atomic E-state index is -0.304. The molecule has 1 fully saturated rings. The molecule has 2 heterocycles. The summed E-state index contributed by atoms with van der Waals surface area (Å²) in [5.41, 5.74) is 1.52. The molecule has 1 aliphatic rings. The van der Waals surface area contributed by atoms with Crippen LogP contribution in [-0.4, -0.2) is 73.2 Å². The second kappa shape index (κ2) is 12.2. The Kier molecular flexibility index (Phi) is 8.74. The first-order valence-corrected chi connectivity index (χ1v) is 12.7. The third kappa shape index (κ3) is 6.51. The van der Waals surface area contributed by atoms with E-state index in [1.54, 1.807) is 64.8 Å². The molecule has 0 atom stereocenters. The SMILES string of the molecule is COCCN(Cc1nc(C(=O)N2CCN(c3ccccc3F)CC2)cs1)C(=O)Nc1ccc(Cl)cc1. The fraction of sp³-hybridized carbons (Fsp3) is 0.320. The van der Waals surface area contributed by atoms with Crippen LogP contribution in [0.5, 0.6) is 0 Å². The normalized spacial score (nSPS) is 13.5. The van der Waals surface area contributed by atoms with Crippen LogP contribution in [0.15, 0.2) is 53.9 Å². The number of urea groups is 1. The van der Waals surface area contributed by atoms with E-state index in [1.165, 1.54) is 17.4 Å². The average Bonchev–Trinajstić information content (AvgIpc) is 3.36. The Morgan fingerprint density at radius 2 is 1.86 bits per heavy atom. The Morgan fingerprint density at radius 1 is 1.14 bits per heavy atom. The summed E-state index contributed by atoms with van der Waals surface area (Å²) in [5.74, 6) is -0.431. The number of nitrogens with zero attached hydrogens (tertiary/aromatic N) is 4. The van der Waals surface area contributed by atoms with Crippen molar-refractivity contribution in [2.45, 2.75) is 6.54 Å². The third-order valence-corrected chi connectivity index (χ3v) is 6.89. The third-order valence-electron chi connectivity index (χ3n) is 5.81. The summed E-state index contributed by atoms with van der Waals surface area (Å²) in [6, 6.07) is 13.2. The number of benzene rings is 2. The molecule has 36 heavy (non-hydrogen) atoms. The van der Waals surface area contributed by atoms with Gasteiger partial charge in [-0.15, -0.1) is 11.3 Å². The molecule has 0 bridgehead atoms. The quantitative estimate of drug-likeness (QED) is 0.460. The Balaban J connectivity index is 1.36. The Bertz CT molecular complexity index is 1180.